The van der Waals surface area contributed by atoms with Crippen molar-refractivity contribution in [2.75, 3.05) is 0 Å². The van der Waals surface area contributed by atoms with Gasteiger partial charge in [0.05, 0.1) is 33.5 Å². The van der Waals surface area contributed by atoms with Gasteiger partial charge >= 0.3 is 0 Å². The molecule has 0 aliphatic carbocycles. The van der Waals surface area contributed by atoms with Crippen LogP contribution in [-0.4, -0.2) is 19.5 Å². The van der Waals surface area contributed by atoms with Crippen molar-refractivity contribution in [2.45, 2.75) is 0 Å². The molecule has 0 N–H and O–H groups in total. The molecule has 0 radical (unpaired) electrons. The zero-order valence-corrected chi connectivity index (χ0v) is 29.8. The number of rotatable bonds is 5. The molecule has 4 nitrogen and oxygen atoms in total. The first-order chi connectivity index (χ1) is 27.3. The molecule has 11 aromatic rings. The van der Waals surface area contributed by atoms with Crippen molar-refractivity contribution in [3.63, 3.8) is 0 Å². The van der Waals surface area contributed by atoms with Crippen molar-refractivity contribution >= 4 is 54.4 Å². The van der Waals surface area contributed by atoms with E-state index in [4.69, 9.17) is 15.0 Å². The lowest BCUT2D eigenvalue weighted by atomic mass is 9.94. The number of benzene rings is 8. The summed E-state index contributed by atoms with van der Waals surface area (Å²) in [6.45, 7) is 0. The van der Waals surface area contributed by atoms with Crippen LogP contribution in [0, 0.1) is 0 Å². The van der Waals surface area contributed by atoms with Crippen LogP contribution < -0.4 is 0 Å². The number of fused-ring (bicyclic) bond motifs is 8. The molecule has 0 aliphatic rings. The molecule has 55 heavy (non-hydrogen) atoms. The summed E-state index contributed by atoms with van der Waals surface area (Å²) in [7, 11) is 0. The first-order valence-corrected chi connectivity index (χ1v) is 18.6. The van der Waals surface area contributed by atoms with E-state index >= 15 is 0 Å². The average Bonchev–Trinajstić information content (AvgIpc) is 3.61. The summed E-state index contributed by atoms with van der Waals surface area (Å²) in [5, 5.41) is 7.00. The highest BCUT2D eigenvalue weighted by molar-refractivity contribution is 6.29. The second-order valence-corrected chi connectivity index (χ2v) is 14.0. The van der Waals surface area contributed by atoms with Crippen LogP contribution in [0.15, 0.2) is 194 Å². The molecule has 3 aromatic heterocycles. The summed E-state index contributed by atoms with van der Waals surface area (Å²) < 4.78 is 2.39. The molecule has 0 saturated heterocycles. The maximum absolute atomic E-state index is 5.43. The Kier molecular flexibility index (Phi) is 7.14. The van der Waals surface area contributed by atoms with Gasteiger partial charge in [-0.15, -0.1) is 0 Å². The minimum Gasteiger partial charge on any atom is -0.309 e. The summed E-state index contributed by atoms with van der Waals surface area (Å²) in [4.78, 5) is 15.4. The second-order valence-electron chi connectivity index (χ2n) is 14.0. The predicted molar refractivity (Wildman–Crippen MR) is 228 cm³/mol. The summed E-state index contributed by atoms with van der Waals surface area (Å²) in [5.41, 5.74) is 12.7. The predicted octanol–water partition coefficient (Wildman–Crippen LogP) is 13.1. The zero-order valence-electron chi connectivity index (χ0n) is 29.8. The van der Waals surface area contributed by atoms with Crippen LogP contribution in [-0.2, 0) is 0 Å². The third kappa shape index (κ3) is 5.11. The van der Waals surface area contributed by atoms with Crippen LogP contribution in [0.4, 0.5) is 0 Å². The van der Waals surface area contributed by atoms with Crippen molar-refractivity contribution in [1.82, 2.24) is 19.5 Å². The highest BCUT2D eigenvalue weighted by atomic mass is 15.0. The molecule has 0 aliphatic heterocycles. The molecule has 0 spiro atoms. The molecule has 4 heteroatoms. The summed E-state index contributed by atoms with van der Waals surface area (Å²) in [6, 6.07) is 68.4. The Morgan fingerprint density at radius 2 is 0.891 bits per heavy atom. The molecule has 3 heterocycles. The minimum absolute atomic E-state index is 0.724. The Bertz CT molecular complexity index is 3220. The van der Waals surface area contributed by atoms with Crippen molar-refractivity contribution in [3.05, 3.63) is 194 Å². The topological polar surface area (TPSA) is 43.6 Å². The lowest BCUT2D eigenvalue weighted by molar-refractivity contribution is 1.18. The van der Waals surface area contributed by atoms with Crippen molar-refractivity contribution in [2.24, 2.45) is 0 Å². The zero-order chi connectivity index (χ0) is 36.3. The van der Waals surface area contributed by atoms with Crippen LogP contribution >= 0.6 is 0 Å². The van der Waals surface area contributed by atoms with Crippen molar-refractivity contribution in [1.29, 1.82) is 0 Å². The molecular weight excluding hydrogens is 669 g/mol. The lowest BCUT2D eigenvalue weighted by Crippen LogP contribution is -1.95. The Balaban J connectivity index is 1.11. The van der Waals surface area contributed by atoms with Gasteiger partial charge in [0.1, 0.15) is 0 Å². The van der Waals surface area contributed by atoms with Crippen LogP contribution in [0.3, 0.4) is 0 Å². The highest BCUT2D eigenvalue weighted by Gasteiger charge is 2.20. The van der Waals surface area contributed by atoms with E-state index in [0.717, 1.165) is 77.9 Å². The number of para-hydroxylation sites is 3. The molecule has 0 atom stereocenters. The van der Waals surface area contributed by atoms with Gasteiger partial charge in [0.2, 0.25) is 0 Å². The largest absolute Gasteiger partial charge is 0.309 e. The number of hydrogen-bond donors (Lipinski definition) is 0. The van der Waals surface area contributed by atoms with E-state index in [1.807, 2.05) is 24.3 Å². The molecule has 11 rings (SSSR count). The number of hydrogen-bond acceptors (Lipinski definition) is 3. The summed E-state index contributed by atoms with van der Waals surface area (Å²) in [5.74, 6) is 0.724. The molecule has 256 valence electrons. The molecule has 0 saturated carbocycles. The molecular formula is C51H32N4. The van der Waals surface area contributed by atoms with Gasteiger partial charge in [0.15, 0.2) is 5.82 Å². The Morgan fingerprint density at radius 1 is 0.309 bits per heavy atom. The van der Waals surface area contributed by atoms with Gasteiger partial charge in [0.25, 0.3) is 0 Å². The minimum atomic E-state index is 0.724. The maximum Gasteiger partial charge on any atom is 0.160 e. The third-order valence-electron chi connectivity index (χ3n) is 10.8. The Morgan fingerprint density at radius 3 is 1.67 bits per heavy atom. The quantitative estimate of drug-likeness (QED) is 0.168. The fourth-order valence-electron chi connectivity index (χ4n) is 8.24. The van der Waals surface area contributed by atoms with Crippen LogP contribution in [0.2, 0.25) is 0 Å². The van der Waals surface area contributed by atoms with E-state index in [2.05, 4.69) is 174 Å². The smallest absolute Gasteiger partial charge is 0.160 e. The van der Waals surface area contributed by atoms with Gasteiger partial charge in [-0.1, -0.05) is 158 Å². The average molecular weight is 701 g/mol. The number of pyridine rings is 1. The Labute approximate surface area is 317 Å². The first kappa shape index (κ1) is 31.1. The fraction of sp³-hybridized carbons (Fsp3) is 0. The molecule has 0 amide bonds. The van der Waals surface area contributed by atoms with Gasteiger partial charge in [-0.3, -0.25) is 0 Å². The fourth-order valence-corrected chi connectivity index (χ4v) is 8.24. The van der Waals surface area contributed by atoms with Crippen molar-refractivity contribution < 1.29 is 0 Å². The molecule has 0 unspecified atom stereocenters. The van der Waals surface area contributed by atoms with Gasteiger partial charge in [0, 0.05) is 54.7 Å². The second kappa shape index (κ2) is 12.6. The third-order valence-corrected chi connectivity index (χ3v) is 10.8. The standard InChI is InChI=1S/C51H32N4/c1-4-14-34(15-5-1)50-42-30-31-46-48(41-21-11-13-23-45(41)55(46)38-18-8-3-9-19-38)47(42)39-29-28-37(32-44(39)52-50)33-24-26-35(27-25-33)49-40-20-10-12-22-43(40)53-51(54-49)36-16-6-2-7-17-36/h1-32H. The van der Waals surface area contributed by atoms with E-state index in [9.17, 15) is 0 Å². The lowest BCUT2D eigenvalue weighted by Gasteiger charge is -2.14. The SMILES string of the molecule is c1ccc(-c2nc(-c3ccc(-c4ccc5c(c4)nc(-c4ccccc4)c4ccc6c(c7ccccc7n6-c6ccccc6)c45)cc3)c3ccccc3n2)cc1. The summed E-state index contributed by atoms with van der Waals surface area (Å²) in [6.07, 6.45) is 0. The van der Waals surface area contributed by atoms with E-state index in [1.54, 1.807) is 0 Å². The van der Waals surface area contributed by atoms with Gasteiger partial charge < -0.3 is 4.57 Å². The van der Waals surface area contributed by atoms with Gasteiger partial charge in [-0.2, -0.15) is 0 Å². The van der Waals surface area contributed by atoms with Gasteiger partial charge in [-0.25, -0.2) is 15.0 Å². The van der Waals surface area contributed by atoms with Crippen molar-refractivity contribution in [3.8, 4) is 50.7 Å². The summed E-state index contributed by atoms with van der Waals surface area (Å²) >= 11 is 0. The number of aromatic nitrogens is 4. The highest BCUT2D eigenvalue weighted by Crippen LogP contribution is 2.43. The van der Waals surface area contributed by atoms with E-state index in [-0.39, 0.29) is 0 Å². The van der Waals surface area contributed by atoms with Crippen LogP contribution in [0.5, 0.6) is 0 Å². The van der Waals surface area contributed by atoms with Gasteiger partial charge in [-0.05, 0) is 47.5 Å². The molecule has 8 aromatic carbocycles. The molecule has 0 fully saturated rings. The van der Waals surface area contributed by atoms with E-state index < -0.39 is 0 Å². The van der Waals surface area contributed by atoms with E-state index in [1.165, 1.54) is 27.2 Å². The van der Waals surface area contributed by atoms with Crippen LogP contribution in [0.25, 0.3) is 105 Å². The molecule has 0 bridgehead atoms. The monoisotopic (exact) mass is 700 g/mol. The normalized spacial score (nSPS) is 11.6. The van der Waals surface area contributed by atoms with Crippen LogP contribution in [0.1, 0.15) is 0 Å². The van der Waals surface area contributed by atoms with E-state index in [0.29, 0.717) is 0 Å². The number of nitrogens with zero attached hydrogens (tertiary/aromatic N) is 4. The Hall–Kier alpha value is -7.43. The first-order valence-electron chi connectivity index (χ1n) is 18.6. The maximum atomic E-state index is 5.43.